The first kappa shape index (κ1) is 13.6. The Hall–Kier alpha value is -1.81. The van der Waals surface area contributed by atoms with E-state index >= 15 is 0 Å². The van der Waals surface area contributed by atoms with Gasteiger partial charge < -0.3 is 14.0 Å². The van der Waals surface area contributed by atoms with Gasteiger partial charge in [0.25, 0.3) is 0 Å². The molecule has 0 bridgehead atoms. The molecular weight excluding hydrogens is 242 g/mol. The summed E-state index contributed by atoms with van der Waals surface area (Å²) in [6.07, 6.45) is 0. The van der Waals surface area contributed by atoms with Gasteiger partial charge in [0, 0.05) is 13.2 Å². The second-order valence-electron chi connectivity index (χ2n) is 4.73. The molecule has 0 atom stereocenters. The maximum Gasteiger partial charge on any atom is 0.162 e. The number of hydrogen-bond donors (Lipinski definition) is 0. The zero-order valence-corrected chi connectivity index (χ0v) is 11.6. The highest BCUT2D eigenvalue weighted by Gasteiger charge is 2.05. The van der Waals surface area contributed by atoms with Crippen molar-refractivity contribution >= 4 is 0 Å². The number of ether oxygens (including phenoxy) is 2. The molecule has 0 saturated carbocycles. The molecule has 4 nitrogen and oxygen atoms in total. The molecule has 0 N–H and O–H groups in total. The fourth-order valence-electron chi connectivity index (χ4n) is 1.74. The molecule has 1 aromatic carbocycles. The van der Waals surface area contributed by atoms with Crippen molar-refractivity contribution < 1.29 is 14.0 Å². The van der Waals surface area contributed by atoms with E-state index in [1.165, 1.54) is 5.56 Å². The Morgan fingerprint density at radius 1 is 1.16 bits per heavy atom. The minimum atomic E-state index is 0.397. The Morgan fingerprint density at radius 2 is 1.89 bits per heavy atom. The Bertz CT molecular complexity index is 502. The molecule has 2 aromatic rings. The van der Waals surface area contributed by atoms with E-state index in [1.54, 1.807) is 7.11 Å². The van der Waals surface area contributed by atoms with Crippen molar-refractivity contribution in [3.8, 4) is 5.75 Å². The summed E-state index contributed by atoms with van der Waals surface area (Å²) in [5.74, 6) is 2.07. The molecule has 0 amide bonds. The lowest BCUT2D eigenvalue weighted by Crippen LogP contribution is -1.96. The first-order valence-electron chi connectivity index (χ1n) is 6.35. The zero-order valence-electron chi connectivity index (χ0n) is 11.6. The van der Waals surface area contributed by atoms with Crippen LogP contribution in [-0.4, -0.2) is 12.3 Å². The number of hydrogen-bond acceptors (Lipinski definition) is 4. The minimum Gasteiger partial charge on any atom is -0.487 e. The third-order valence-corrected chi connectivity index (χ3v) is 2.83. The smallest absolute Gasteiger partial charge is 0.162 e. The summed E-state index contributed by atoms with van der Waals surface area (Å²) in [5.41, 5.74) is 2.07. The number of nitrogens with zero attached hydrogens (tertiary/aromatic N) is 1. The Morgan fingerprint density at radius 3 is 2.53 bits per heavy atom. The van der Waals surface area contributed by atoms with E-state index in [-0.39, 0.29) is 0 Å². The molecule has 1 aromatic heterocycles. The highest BCUT2D eigenvalue weighted by Crippen LogP contribution is 2.19. The van der Waals surface area contributed by atoms with Gasteiger partial charge in [0.2, 0.25) is 0 Å². The molecule has 4 heteroatoms. The number of aromatic nitrogens is 1. The molecule has 2 rings (SSSR count). The van der Waals surface area contributed by atoms with Gasteiger partial charge in [-0.25, -0.2) is 0 Å². The third kappa shape index (κ3) is 3.83. The molecule has 0 saturated heterocycles. The van der Waals surface area contributed by atoms with Gasteiger partial charge in [0.1, 0.15) is 24.7 Å². The van der Waals surface area contributed by atoms with E-state index in [0.717, 1.165) is 11.4 Å². The lowest BCUT2D eigenvalue weighted by atomic mass is 10.0. The summed E-state index contributed by atoms with van der Waals surface area (Å²) in [5, 5.41) is 3.92. The molecule has 1 heterocycles. The van der Waals surface area contributed by atoms with E-state index in [1.807, 2.05) is 18.2 Å². The van der Waals surface area contributed by atoms with Gasteiger partial charge in [-0.3, -0.25) is 0 Å². The van der Waals surface area contributed by atoms with Crippen LogP contribution in [0, 0.1) is 0 Å². The second kappa shape index (κ2) is 6.38. The summed E-state index contributed by atoms with van der Waals surface area (Å²) in [4.78, 5) is 0. The van der Waals surface area contributed by atoms with Crippen molar-refractivity contribution in [1.29, 1.82) is 0 Å². The van der Waals surface area contributed by atoms with Gasteiger partial charge >= 0.3 is 0 Å². The molecule has 19 heavy (non-hydrogen) atoms. The standard InChI is InChI=1S/C15H19NO3/c1-11(2)12-4-6-14(7-5-12)18-9-13-8-15(10-17-3)19-16-13/h4-8,11H,9-10H2,1-3H3. The largest absolute Gasteiger partial charge is 0.487 e. The van der Waals surface area contributed by atoms with Gasteiger partial charge in [-0.1, -0.05) is 31.1 Å². The average Bonchev–Trinajstić information content (AvgIpc) is 2.85. The first-order valence-corrected chi connectivity index (χ1v) is 6.35. The van der Waals surface area contributed by atoms with Crippen LogP contribution in [0.5, 0.6) is 5.75 Å². The van der Waals surface area contributed by atoms with Gasteiger partial charge in [-0.15, -0.1) is 0 Å². The van der Waals surface area contributed by atoms with Gasteiger partial charge in [0.15, 0.2) is 5.76 Å². The van der Waals surface area contributed by atoms with Crippen molar-refractivity contribution in [1.82, 2.24) is 5.16 Å². The second-order valence-corrected chi connectivity index (χ2v) is 4.73. The summed E-state index contributed by atoms with van der Waals surface area (Å²) < 4.78 is 15.7. The average molecular weight is 261 g/mol. The van der Waals surface area contributed by atoms with Crippen LogP contribution in [0.3, 0.4) is 0 Å². The quantitative estimate of drug-likeness (QED) is 0.798. The summed E-state index contributed by atoms with van der Waals surface area (Å²) in [7, 11) is 1.62. The molecule has 0 aliphatic rings. The maximum absolute atomic E-state index is 5.65. The normalized spacial score (nSPS) is 10.9. The van der Waals surface area contributed by atoms with Crippen LogP contribution < -0.4 is 4.74 Å². The SMILES string of the molecule is COCc1cc(COc2ccc(C(C)C)cc2)no1. The van der Waals surface area contributed by atoms with E-state index < -0.39 is 0 Å². The fraction of sp³-hybridized carbons (Fsp3) is 0.400. The number of benzene rings is 1. The molecule has 0 unspecified atom stereocenters. The molecule has 0 aliphatic carbocycles. The van der Waals surface area contributed by atoms with Gasteiger partial charge in [0.05, 0.1) is 0 Å². The first-order chi connectivity index (χ1) is 9.19. The fourth-order valence-corrected chi connectivity index (χ4v) is 1.74. The Labute approximate surface area is 113 Å². The molecule has 102 valence electrons. The Balaban J connectivity index is 1.90. The lowest BCUT2D eigenvalue weighted by Gasteiger charge is -2.07. The van der Waals surface area contributed by atoms with E-state index in [2.05, 4.69) is 31.1 Å². The van der Waals surface area contributed by atoms with Crippen molar-refractivity contribution in [2.75, 3.05) is 7.11 Å². The highest BCUT2D eigenvalue weighted by molar-refractivity contribution is 5.29. The van der Waals surface area contributed by atoms with E-state index in [4.69, 9.17) is 14.0 Å². The monoisotopic (exact) mass is 261 g/mol. The number of rotatable bonds is 6. The molecule has 0 aliphatic heterocycles. The predicted octanol–water partition coefficient (Wildman–Crippen LogP) is 3.52. The summed E-state index contributed by atoms with van der Waals surface area (Å²) in [6.45, 7) is 5.16. The molecule has 0 spiro atoms. The van der Waals surface area contributed by atoms with Crippen molar-refractivity contribution in [2.24, 2.45) is 0 Å². The molecule has 0 radical (unpaired) electrons. The van der Waals surface area contributed by atoms with Crippen LogP contribution in [0.4, 0.5) is 0 Å². The van der Waals surface area contributed by atoms with Crippen LogP contribution in [0.15, 0.2) is 34.9 Å². The van der Waals surface area contributed by atoms with Crippen molar-refractivity contribution in [3.05, 3.63) is 47.3 Å². The van der Waals surface area contributed by atoms with E-state index in [9.17, 15) is 0 Å². The molecular formula is C15H19NO3. The van der Waals surface area contributed by atoms with Crippen LogP contribution >= 0.6 is 0 Å². The topological polar surface area (TPSA) is 44.5 Å². The third-order valence-electron chi connectivity index (χ3n) is 2.83. The van der Waals surface area contributed by atoms with Crippen LogP contribution in [0.25, 0.3) is 0 Å². The minimum absolute atomic E-state index is 0.397. The summed E-state index contributed by atoms with van der Waals surface area (Å²) in [6, 6.07) is 9.96. The maximum atomic E-state index is 5.65. The van der Waals surface area contributed by atoms with Crippen LogP contribution in [0.2, 0.25) is 0 Å². The molecule has 0 fully saturated rings. The van der Waals surface area contributed by atoms with Crippen molar-refractivity contribution in [3.63, 3.8) is 0 Å². The predicted molar refractivity (Wildman–Crippen MR) is 72.1 cm³/mol. The highest BCUT2D eigenvalue weighted by atomic mass is 16.5. The van der Waals surface area contributed by atoms with Gasteiger partial charge in [-0.05, 0) is 23.6 Å². The lowest BCUT2D eigenvalue weighted by molar-refractivity contribution is 0.155. The summed E-state index contributed by atoms with van der Waals surface area (Å²) >= 11 is 0. The van der Waals surface area contributed by atoms with Crippen LogP contribution in [0.1, 0.15) is 36.8 Å². The zero-order chi connectivity index (χ0) is 13.7. The van der Waals surface area contributed by atoms with Crippen molar-refractivity contribution in [2.45, 2.75) is 33.0 Å². The number of methoxy groups -OCH3 is 1. The van der Waals surface area contributed by atoms with E-state index in [0.29, 0.717) is 24.9 Å². The van der Waals surface area contributed by atoms with Gasteiger partial charge in [-0.2, -0.15) is 0 Å². The Kier molecular flexibility index (Phi) is 4.58. The van der Waals surface area contributed by atoms with Crippen LogP contribution in [-0.2, 0) is 18.0 Å².